The van der Waals surface area contributed by atoms with Crippen LogP contribution in [0.2, 0.25) is 0 Å². The van der Waals surface area contributed by atoms with Gasteiger partial charge in [-0.3, -0.25) is 33.5 Å². The molecule has 8 heterocycles. The molecule has 3 aromatic rings. The lowest BCUT2D eigenvalue weighted by atomic mass is 9.82. The maximum absolute atomic E-state index is 14.5. The quantitative estimate of drug-likeness (QED) is 0.0340. The lowest BCUT2D eigenvalue weighted by molar-refractivity contribution is -0.137. The Labute approximate surface area is 415 Å². The molecule has 10 rings (SSSR count). The van der Waals surface area contributed by atoms with Gasteiger partial charge in [-0.15, -0.1) is 0 Å². The van der Waals surface area contributed by atoms with E-state index >= 15 is 0 Å². The topological polar surface area (TPSA) is 391 Å². The van der Waals surface area contributed by atoms with Gasteiger partial charge in [0.1, 0.15) is 31.2 Å². The van der Waals surface area contributed by atoms with Crippen LogP contribution in [0.25, 0.3) is 11.2 Å². The van der Waals surface area contributed by atoms with Crippen molar-refractivity contribution in [3.63, 3.8) is 0 Å². The number of nitrogens with one attached hydrogen (secondary N) is 5. The van der Waals surface area contributed by atoms with Crippen molar-refractivity contribution in [2.24, 2.45) is 23.1 Å². The van der Waals surface area contributed by atoms with E-state index in [0.29, 0.717) is 51.3 Å². The molecule has 3 fully saturated rings. The summed E-state index contributed by atoms with van der Waals surface area (Å²) in [7, 11) is 3.44. The number of ketones is 4. The van der Waals surface area contributed by atoms with Crippen molar-refractivity contribution in [2.75, 3.05) is 65.4 Å². The molecule has 2 aliphatic carbocycles. The van der Waals surface area contributed by atoms with E-state index in [2.05, 4.69) is 41.1 Å². The van der Waals surface area contributed by atoms with Crippen LogP contribution in [0.15, 0.2) is 44.9 Å². The van der Waals surface area contributed by atoms with Crippen LogP contribution in [0.4, 0.5) is 15.5 Å². The number of allylic oxidation sites excluding steroid dienone is 4. The molecule has 9 atom stereocenters. The number of imidazole rings is 1. The van der Waals surface area contributed by atoms with Gasteiger partial charge in [-0.2, -0.15) is 4.98 Å². The second-order valence-electron chi connectivity index (χ2n) is 19.4. The summed E-state index contributed by atoms with van der Waals surface area (Å²) in [6.45, 7) is 4.43. The number of aromatic amines is 1. The highest BCUT2D eigenvalue weighted by Gasteiger charge is 2.72. The van der Waals surface area contributed by atoms with Crippen LogP contribution in [0.1, 0.15) is 77.5 Å². The molecule has 2 amide bonds. The van der Waals surface area contributed by atoms with E-state index in [1.165, 1.54) is 18.0 Å². The fourth-order valence-electron chi connectivity index (χ4n) is 11.6. The molecule has 0 radical (unpaired) electrons. The maximum atomic E-state index is 14.5. The Morgan fingerprint density at radius 1 is 0.986 bits per heavy atom. The third-order valence-corrected chi connectivity index (χ3v) is 15.2. The maximum Gasteiger partial charge on any atom is 0.404 e. The lowest BCUT2D eigenvalue weighted by Gasteiger charge is -2.39. The molecule has 7 aliphatic rings. The van der Waals surface area contributed by atoms with Gasteiger partial charge < -0.3 is 82.0 Å². The van der Waals surface area contributed by atoms with Crippen molar-refractivity contribution >= 4 is 52.4 Å². The van der Waals surface area contributed by atoms with E-state index in [4.69, 9.17) is 36.1 Å². The predicted octanol–water partition coefficient (Wildman–Crippen LogP) is -2.40. The summed E-state index contributed by atoms with van der Waals surface area (Å²) in [4.78, 5) is 109. The predicted molar refractivity (Wildman–Crippen MR) is 253 cm³/mol. The van der Waals surface area contributed by atoms with Gasteiger partial charge in [0.05, 0.1) is 59.7 Å². The molecule has 390 valence electrons. The summed E-state index contributed by atoms with van der Waals surface area (Å²) in [5.41, 5.74) is 17.7. The van der Waals surface area contributed by atoms with Crippen molar-refractivity contribution in [2.45, 2.75) is 94.6 Å². The molecular formula is C46H58N14O13. The number of nitrogens with two attached hydrogens (primary N) is 3. The number of ether oxygens (including phenoxy) is 4. The number of carbonyl (C=O) groups is 6. The smallest absolute Gasteiger partial charge is 0.404 e. The zero-order chi connectivity index (χ0) is 51.9. The number of amides is 2. The summed E-state index contributed by atoms with van der Waals surface area (Å²) >= 11 is 0. The first-order valence-electron chi connectivity index (χ1n) is 24.0. The van der Waals surface area contributed by atoms with E-state index in [0.717, 1.165) is 0 Å². The molecule has 0 spiro atoms. The number of aliphatic hydroxyl groups is 2. The lowest BCUT2D eigenvalue weighted by Crippen LogP contribution is -2.55. The van der Waals surface area contributed by atoms with Crippen molar-refractivity contribution < 1.29 is 57.9 Å². The van der Waals surface area contributed by atoms with Gasteiger partial charge in [-0.25, -0.2) is 14.6 Å². The van der Waals surface area contributed by atoms with Gasteiger partial charge in [0.15, 0.2) is 16.9 Å². The van der Waals surface area contributed by atoms with Crippen LogP contribution in [0, 0.1) is 5.92 Å². The number of hydrogen-bond donors (Lipinski definition) is 10. The van der Waals surface area contributed by atoms with Crippen LogP contribution < -0.4 is 44.0 Å². The normalized spacial score (nSPS) is 28.0. The number of anilines is 1. The Balaban J connectivity index is 0.777. The molecule has 5 aliphatic heterocycles. The van der Waals surface area contributed by atoms with Gasteiger partial charge in [-0.05, 0) is 46.8 Å². The number of rotatable bonds is 19. The van der Waals surface area contributed by atoms with E-state index in [1.54, 1.807) is 18.4 Å². The number of hydrogen-bond acceptors (Lipinski definition) is 22. The first-order chi connectivity index (χ1) is 34.9. The van der Waals surface area contributed by atoms with Gasteiger partial charge in [0.25, 0.3) is 5.56 Å². The standard InChI is InChI=1S/C46H58N14O13/c1-18-29(50-7-5-9-57(3)10-6-8-51-30-19(2)37(64)35-28(39(30)66)21(16-72-44(49)69)46(70-4)40-23(53-40)13-60(35)46)38(65)27-20(15-71-43(48)68)33-31(22(47)12-58(33)34(27)36(18)63)54-45-55-41-32(42(67)56-45)52-17-59(41)26-11-24(62)25(14-61)73-26/h17,21-26,31,40,50-51,53,61-62H,5-16,47H2,1-4H3,(H2,48,68)(H2,49,69)(H2,54,55,56,67)/t21-,22+,23+,24+,25-,26-,31-,40+,46-/m1/s1. The molecule has 13 N–H and O–H groups in total. The minimum Gasteiger partial charge on any atom is -0.449 e. The van der Waals surface area contributed by atoms with E-state index in [1.807, 2.05) is 11.9 Å². The zero-order valence-electron chi connectivity index (χ0n) is 40.5. The number of primary amides is 2. The Kier molecular flexibility index (Phi) is 12.8. The zero-order valence-corrected chi connectivity index (χ0v) is 40.5. The molecule has 0 aromatic carbocycles. The minimum absolute atomic E-state index is 0.0112. The highest BCUT2D eigenvalue weighted by molar-refractivity contribution is 6.27. The van der Waals surface area contributed by atoms with Crippen molar-refractivity contribution in [1.29, 1.82) is 0 Å². The van der Waals surface area contributed by atoms with Crippen molar-refractivity contribution in [3.05, 3.63) is 73.0 Å². The number of piperazine rings is 1. The van der Waals surface area contributed by atoms with Crippen molar-refractivity contribution in [3.8, 4) is 0 Å². The minimum atomic E-state index is -1.12. The summed E-state index contributed by atoms with van der Waals surface area (Å²) in [5, 5.41) is 32.8. The van der Waals surface area contributed by atoms with Gasteiger partial charge >= 0.3 is 12.2 Å². The van der Waals surface area contributed by atoms with Gasteiger partial charge in [-0.1, -0.05) is 0 Å². The Bertz CT molecular complexity index is 3030. The Hall–Kier alpha value is -7.01. The monoisotopic (exact) mass is 1010 g/mol. The third kappa shape index (κ3) is 8.05. The fourth-order valence-corrected chi connectivity index (χ4v) is 11.6. The second-order valence-corrected chi connectivity index (χ2v) is 19.4. The van der Waals surface area contributed by atoms with Crippen molar-refractivity contribution in [1.82, 2.24) is 49.8 Å². The number of carbonyl (C=O) groups excluding carboxylic acids is 6. The van der Waals surface area contributed by atoms with Crippen LogP contribution in [-0.4, -0.2) is 176 Å². The summed E-state index contributed by atoms with van der Waals surface area (Å²) in [6.07, 6.45) is -2.08. The molecule has 0 unspecified atom stereocenters. The summed E-state index contributed by atoms with van der Waals surface area (Å²) in [6, 6.07) is -1.70. The molecule has 3 saturated heterocycles. The molecular weight excluding hydrogens is 957 g/mol. The number of methoxy groups -OCH3 is 1. The second kappa shape index (κ2) is 18.8. The molecule has 73 heavy (non-hydrogen) atoms. The molecule has 0 saturated carbocycles. The highest BCUT2D eigenvalue weighted by Crippen LogP contribution is 2.56. The van der Waals surface area contributed by atoms with Crippen LogP contribution >= 0.6 is 0 Å². The van der Waals surface area contributed by atoms with Crippen LogP contribution in [0.3, 0.4) is 0 Å². The van der Waals surface area contributed by atoms with E-state index in [-0.39, 0.29) is 111 Å². The molecule has 0 bridgehead atoms. The van der Waals surface area contributed by atoms with Crippen LogP contribution in [0.5, 0.6) is 0 Å². The number of aliphatic hydroxyl groups excluding tert-OH is 2. The SMILES string of the molecule is CO[C@@]12[C@H](COC(N)=O)C3=C(C(=O)C(C)=C(NCCCN(C)CCCNC4=C(C)C(=O)c5c(c(COC(N)=O)c6n5C[C@H](N)[C@H]6Nc5nc6c(ncn6[C@H]6C[C@H](O)[C@@H](CO)O6)c(=O)[nH]5)C4=O)C3=O)N1C[C@@H]1N[C@@H]12. The molecule has 27 heteroatoms. The largest absolute Gasteiger partial charge is 0.449 e. The Morgan fingerprint density at radius 2 is 1.67 bits per heavy atom. The van der Waals surface area contributed by atoms with Crippen LogP contribution in [-0.2, 0) is 41.7 Å². The van der Waals surface area contributed by atoms with Gasteiger partial charge in [0.2, 0.25) is 29.1 Å². The summed E-state index contributed by atoms with van der Waals surface area (Å²) in [5.74, 6) is -2.38. The number of aromatic nitrogens is 5. The van der Waals surface area contributed by atoms with Gasteiger partial charge in [0, 0.05) is 79.8 Å². The molecule has 27 nitrogen and oxygen atoms in total. The third-order valence-electron chi connectivity index (χ3n) is 15.2. The Morgan fingerprint density at radius 3 is 2.33 bits per heavy atom. The fraction of sp³-hybridized carbons (Fsp3) is 0.543. The highest BCUT2D eigenvalue weighted by atomic mass is 16.6. The number of Topliss-reactive ketones (excluding diaryl/α,β-unsaturated/α-hetero) is 4. The first-order valence-corrected chi connectivity index (χ1v) is 24.0. The molecule has 3 aromatic heterocycles. The van der Waals surface area contributed by atoms with E-state index < -0.39 is 84.7 Å². The average Bonchev–Trinajstić information content (AvgIpc) is 3.81. The summed E-state index contributed by atoms with van der Waals surface area (Å²) < 4.78 is 25.4. The first kappa shape index (κ1) is 49.6. The van der Waals surface area contributed by atoms with E-state index in [9.17, 15) is 43.8 Å². The number of nitrogens with zero attached hydrogens (tertiary/aromatic N) is 6. The average molecular weight is 1020 g/mol. The number of H-pyrrole nitrogens is 1. The number of fused-ring (bicyclic) bond motifs is 8.